The van der Waals surface area contributed by atoms with E-state index in [-0.39, 0.29) is 0 Å². The zero-order valence-electron chi connectivity index (χ0n) is 12.0. The summed E-state index contributed by atoms with van der Waals surface area (Å²) in [5.74, 6) is 0. The van der Waals surface area contributed by atoms with E-state index in [2.05, 4.69) is 54.0 Å². The van der Waals surface area contributed by atoms with Crippen LogP contribution >= 0.6 is 22.9 Å². The monoisotopic (exact) mass is 315 g/mol. The Morgan fingerprint density at radius 2 is 1.86 bits per heavy atom. The molecule has 1 aromatic heterocycles. The van der Waals surface area contributed by atoms with E-state index in [0.29, 0.717) is 6.04 Å². The maximum atomic E-state index is 5.96. The van der Waals surface area contributed by atoms with Gasteiger partial charge < -0.3 is 5.32 Å². The van der Waals surface area contributed by atoms with Crippen molar-refractivity contribution in [3.8, 4) is 0 Å². The second kappa shape index (κ2) is 6.61. The summed E-state index contributed by atoms with van der Waals surface area (Å²) in [6.45, 7) is 3.10. The Morgan fingerprint density at radius 1 is 1.10 bits per heavy atom. The quantitative estimate of drug-likeness (QED) is 0.628. The summed E-state index contributed by atoms with van der Waals surface area (Å²) in [5.41, 5.74) is 2.67. The SMILES string of the molecule is CCC(NCc1csc2ccccc12)c1ccc(Cl)cc1. The number of rotatable bonds is 5. The van der Waals surface area contributed by atoms with Crippen LogP contribution in [0, 0.1) is 0 Å². The molecule has 3 aromatic rings. The second-order valence-corrected chi connectivity index (χ2v) is 6.50. The summed E-state index contributed by atoms with van der Waals surface area (Å²) in [6, 6.07) is 17.1. The molecule has 0 bridgehead atoms. The highest BCUT2D eigenvalue weighted by Gasteiger charge is 2.10. The van der Waals surface area contributed by atoms with Crippen molar-refractivity contribution >= 4 is 33.0 Å². The molecule has 1 atom stereocenters. The summed E-state index contributed by atoms with van der Waals surface area (Å²) in [7, 11) is 0. The highest BCUT2D eigenvalue weighted by atomic mass is 35.5. The third-order valence-corrected chi connectivity index (χ3v) is 5.04. The minimum atomic E-state index is 0.362. The van der Waals surface area contributed by atoms with E-state index in [1.54, 1.807) is 0 Å². The molecule has 1 nitrogen and oxygen atoms in total. The molecule has 1 unspecified atom stereocenters. The Kier molecular flexibility index (Phi) is 4.59. The van der Waals surface area contributed by atoms with E-state index >= 15 is 0 Å². The van der Waals surface area contributed by atoms with Crippen LogP contribution in [0.25, 0.3) is 10.1 Å². The summed E-state index contributed by atoms with van der Waals surface area (Å²) in [5, 5.41) is 8.07. The van der Waals surface area contributed by atoms with Crippen LogP contribution in [0.2, 0.25) is 5.02 Å². The molecule has 0 radical (unpaired) electrons. The van der Waals surface area contributed by atoms with Crippen LogP contribution in [0.5, 0.6) is 0 Å². The molecule has 0 aliphatic heterocycles. The Morgan fingerprint density at radius 3 is 2.62 bits per heavy atom. The van der Waals surface area contributed by atoms with Crippen LogP contribution < -0.4 is 5.32 Å². The van der Waals surface area contributed by atoms with Gasteiger partial charge >= 0.3 is 0 Å². The van der Waals surface area contributed by atoms with E-state index in [1.807, 2.05) is 23.5 Å². The highest BCUT2D eigenvalue weighted by molar-refractivity contribution is 7.17. The maximum Gasteiger partial charge on any atom is 0.0406 e. The molecule has 3 rings (SSSR count). The van der Waals surface area contributed by atoms with Crippen molar-refractivity contribution in [2.24, 2.45) is 0 Å². The molecule has 0 fully saturated rings. The lowest BCUT2D eigenvalue weighted by molar-refractivity contribution is 0.520. The molecule has 0 spiro atoms. The van der Waals surface area contributed by atoms with Gasteiger partial charge in [-0.05, 0) is 46.5 Å². The number of nitrogens with one attached hydrogen (secondary N) is 1. The number of benzene rings is 2. The van der Waals surface area contributed by atoms with Crippen LogP contribution in [-0.4, -0.2) is 0 Å². The third kappa shape index (κ3) is 3.29. The summed E-state index contributed by atoms with van der Waals surface area (Å²) >= 11 is 7.78. The van der Waals surface area contributed by atoms with Crippen molar-refractivity contribution in [2.75, 3.05) is 0 Å². The molecular formula is C18H18ClNS. The normalized spacial score (nSPS) is 12.7. The number of thiophene rings is 1. The molecule has 0 amide bonds. The molecule has 1 N–H and O–H groups in total. The van der Waals surface area contributed by atoms with Crippen molar-refractivity contribution in [1.82, 2.24) is 5.32 Å². The van der Waals surface area contributed by atoms with Crippen molar-refractivity contribution in [2.45, 2.75) is 25.9 Å². The van der Waals surface area contributed by atoms with Gasteiger partial charge in [-0.3, -0.25) is 0 Å². The van der Waals surface area contributed by atoms with Crippen molar-refractivity contribution in [1.29, 1.82) is 0 Å². The van der Waals surface area contributed by atoms with Crippen LogP contribution in [0.15, 0.2) is 53.9 Å². The minimum Gasteiger partial charge on any atom is -0.306 e. The molecule has 0 saturated carbocycles. The van der Waals surface area contributed by atoms with Gasteiger partial charge in [-0.1, -0.05) is 48.9 Å². The first kappa shape index (κ1) is 14.6. The fourth-order valence-corrected chi connectivity index (χ4v) is 3.68. The molecule has 3 heteroatoms. The van der Waals surface area contributed by atoms with Gasteiger partial charge in [-0.15, -0.1) is 11.3 Å². The van der Waals surface area contributed by atoms with Crippen LogP contribution in [0.4, 0.5) is 0 Å². The van der Waals surface area contributed by atoms with Gasteiger partial charge in [-0.2, -0.15) is 0 Å². The van der Waals surface area contributed by atoms with E-state index in [0.717, 1.165) is 18.0 Å². The zero-order chi connectivity index (χ0) is 14.7. The average Bonchev–Trinajstić information content (AvgIpc) is 2.93. The molecular weight excluding hydrogens is 298 g/mol. The molecule has 0 aliphatic rings. The average molecular weight is 316 g/mol. The van der Waals surface area contributed by atoms with Crippen LogP contribution in [0.3, 0.4) is 0 Å². The number of hydrogen-bond donors (Lipinski definition) is 1. The molecule has 2 aromatic carbocycles. The molecule has 108 valence electrons. The number of halogens is 1. The fraction of sp³-hybridized carbons (Fsp3) is 0.222. The van der Waals surface area contributed by atoms with Crippen LogP contribution in [-0.2, 0) is 6.54 Å². The Hall–Kier alpha value is -1.35. The highest BCUT2D eigenvalue weighted by Crippen LogP contribution is 2.26. The number of hydrogen-bond acceptors (Lipinski definition) is 2. The first-order chi connectivity index (χ1) is 10.3. The topological polar surface area (TPSA) is 12.0 Å². The lowest BCUT2D eigenvalue weighted by atomic mass is 10.0. The molecule has 0 aliphatic carbocycles. The standard InChI is InChI=1S/C18H18ClNS/c1-2-17(13-7-9-15(19)10-8-13)20-11-14-12-21-18-6-4-3-5-16(14)18/h3-10,12,17,20H,2,11H2,1H3. The summed E-state index contributed by atoms with van der Waals surface area (Å²) in [4.78, 5) is 0. The van der Waals surface area contributed by atoms with Crippen molar-refractivity contribution in [3.63, 3.8) is 0 Å². The largest absolute Gasteiger partial charge is 0.306 e. The van der Waals surface area contributed by atoms with Gasteiger partial charge in [0, 0.05) is 22.3 Å². The fourth-order valence-electron chi connectivity index (χ4n) is 2.60. The smallest absolute Gasteiger partial charge is 0.0406 e. The van der Waals surface area contributed by atoms with Gasteiger partial charge in [0.15, 0.2) is 0 Å². The van der Waals surface area contributed by atoms with Gasteiger partial charge in [0.1, 0.15) is 0 Å². The summed E-state index contributed by atoms with van der Waals surface area (Å²) in [6.07, 6.45) is 1.06. The van der Waals surface area contributed by atoms with Gasteiger partial charge in [0.25, 0.3) is 0 Å². The lowest BCUT2D eigenvalue weighted by Crippen LogP contribution is -2.20. The first-order valence-electron chi connectivity index (χ1n) is 7.22. The predicted molar refractivity (Wildman–Crippen MR) is 93.1 cm³/mol. The Balaban J connectivity index is 1.74. The zero-order valence-corrected chi connectivity index (χ0v) is 13.5. The number of fused-ring (bicyclic) bond motifs is 1. The van der Waals surface area contributed by atoms with E-state index in [1.165, 1.54) is 21.2 Å². The lowest BCUT2D eigenvalue weighted by Gasteiger charge is -2.17. The van der Waals surface area contributed by atoms with Gasteiger partial charge in [-0.25, -0.2) is 0 Å². The molecule has 0 saturated heterocycles. The minimum absolute atomic E-state index is 0.362. The van der Waals surface area contributed by atoms with E-state index in [4.69, 9.17) is 11.6 Å². The predicted octanol–water partition coefficient (Wildman–Crippen LogP) is 5.80. The first-order valence-corrected chi connectivity index (χ1v) is 8.47. The Labute approximate surface area is 134 Å². The second-order valence-electron chi connectivity index (χ2n) is 5.15. The summed E-state index contributed by atoms with van der Waals surface area (Å²) < 4.78 is 1.36. The Bertz CT molecular complexity index is 717. The van der Waals surface area contributed by atoms with E-state index < -0.39 is 0 Å². The molecule has 1 heterocycles. The van der Waals surface area contributed by atoms with Gasteiger partial charge in [0.2, 0.25) is 0 Å². The maximum absolute atomic E-state index is 5.96. The molecule has 21 heavy (non-hydrogen) atoms. The van der Waals surface area contributed by atoms with Gasteiger partial charge in [0.05, 0.1) is 0 Å². The van der Waals surface area contributed by atoms with Crippen LogP contribution in [0.1, 0.15) is 30.5 Å². The third-order valence-electron chi connectivity index (χ3n) is 3.78. The van der Waals surface area contributed by atoms with Crippen molar-refractivity contribution < 1.29 is 0 Å². The van der Waals surface area contributed by atoms with E-state index in [9.17, 15) is 0 Å². The van der Waals surface area contributed by atoms with Crippen molar-refractivity contribution in [3.05, 3.63) is 70.1 Å².